The van der Waals surface area contributed by atoms with Crippen LogP contribution >= 0.6 is 12.4 Å². The van der Waals surface area contributed by atoms with E-state index in [0.717, 1.165) is 19.1 Å². The van der Waals surface area contributed by atoms with Crippen LogP contribution in [0.1, 0.15) is 32.1 Å². The fourth-order valence-electron chi connectivity index (χ4n) is 3.63. The molecule has 2 aliphatic rings. The molecule has 6 nitrogen and oxygen atoms in total. The summed E-state index contributed by atoms with van der Waals surface area (Å²) in [5.41, 5.74) is 1.04. The van der Waals surface area contributed by atoms with Crippen molar-refractivity contribution >= 4 is 39.7 Å². The number of halogens is 1. The van der Waals surface area contributed by atoms with Gasteiger partial charge in [0.05, 0.1) is 18.0 Å². The minimum atomic E-state index is -3.33. The molecule has 3 unspecified atom stereocenters. The van der Waals surface area contributed by atoms with Crippen molar-refractivity contribution in [3.63, 3.8) is 0 Å². The number of amides is 1. The van der Waals surface area contributed by atoms with Gasteiger partial charge in [0.15, 0.2) is 0 Å². The van der Waals surface area contributed by atoms with Crippen molar-refractivity contribution in [2.24, 2.45) is 5.92 Å². The highest BCUT2D eigenvalue weighted by Gasteiger charge is 2.38. The van der Waals surface area contributed by atoms with Gasteiger partial charge in [0.1, 0.15) is 0 Å². The van der Waals surface area contributed by atoms with Crippen molar-refractivity contribution in [3.05, 3.63) is 24.3 Å². The van der Waals surface area contributed by atoms with Crippen molar-refractivity contribution in [2.45, 2.75) is 44.2 Å². The first-order valence-corrected chi connectivity index (χ1v) is 9.94. The maximum atomic E-state index is 12.4. The Morgan fingerprint density at radius 3 is 2.62 bits per heavy atom. The first-order valence-electron chi connectivity index (χ1n) is 8.05. The van der Waals surface area contributed by atoms with Crippen LogP contribution in [0.4, 0.5) is 11.4 Å². The first-order chi connectivity index (χ1) is 10.9. The van der Waals surface area contributed by atoms with Gasteiger partial charge < -0.3 is 10.6 Å². The molecule has 1 aromatic carbocycles. The second kappa shape index (κ2) is 7.72. The molecule has 1 amide bonds. The van der Waals surface area contributed by atoms with Crippen LogP contribution in [-0.2, 0) is 14.8 Å². The SMILES string of the molecule is CS(=O)(=O)Nc1cccc(NC(=O)C2CC3CCCCC3N2)c1.Cl. The molecule has 3 N–H and O–H groups in total. The normalized spacial score (nSPS) is 26.1. The summed E-state index contributed by atoms with van der Waals surface area (Å²) in [7, 11) is -3.33. The molecule has 2 fully saturated rings. The lowest BCUT2D eigenvalue weighted by molar-refractivity contribution is -0.117. The number of benzene rings is 1. The van der Waals surface area contributed by atoms with E-state index in [-0.39, 0.29) is 24.4 Å². The summed E-state index contributed by atoms with van der Waals surface area (Å²) in [4.78, 5) is 12.4. The van der Waals surface area contributed by atoms with Gasteiger partial charge in [0.2, 0.25) is 15.9 Å². The van der Waals surface area contributed by atoms with E-state index in [9.17, 15) is 13.2 Å². The van der Waals surface area contributed by atoms with Crippen LogP contribution in [0.15, 0.2) is 24.3 Å². The van der Waals surface area contributed by atoms with Gasteiger partial charge in [-0.05, 0) is 43.4 Å². The minimum absolute atomic E-state index is 0. The van der Waals surface area contributed by atoms with Crippen LogP contribution < -0.4 is 15.4 Å². The lowest BCUT2D eigenvalue weighted by Gasteiger charge is -2.24. The molecule has 1 aromatic rings. The second-order valence-electron chi connectivity index (χ2n) is 6.55. The largest absolute Gasteiger partial charge is 0.325 e. The van der Waals surface area contributed by atoms with E-state index in [1.54, 1.807) is 24.3 Å². The lowest BCUT2D eigenvalue weighted by atomic mass is 9.85. The van der Waals surface area contributed by atoms with Crippen LogP contribution in [0, 0.1) is 5.92 Å². The smallest absolute Gasteiger partial charge is 0.241 e. The number of nitrogens with one attached hydrogen (secondary N) is 3. The Kier molecular flexibility index (Phi) is 6.11. The Morgan fingerprint density at radius 1 is 1.21 bits per heavy atom. The van der Waals surface area contributed by atoms with Crippen molar-refractivity contribution in [3.8, 4) is 0 Å². The maximum Gasteiger partial charge on any atom is 0.241 e. The molecule has 1 aliphatic heterocycles. The summed E-state index contributed by atoms with van der Waals surface area (Å²) in [5.74, 6) is 0.564. The molecule has 0 aromatic heterocycles. The van der Waals surface area contributed by atoms with E-state index in [0.29, 0.717) is 23.3 Å². The maximum absolute atomic E-state index is 12.4. The van der Waals surface area contributed by atoms with Crippen LogP contribution in [0.25, 0.3) is 0 Å². The zero-order chi connectivity index (χ0) is 16.4. The fourth-order valence-corrected chi connectivity index (χ4v) is 4.18. The number of rotatable bonds is 4. The molecule has 1 saturated carbocycles. The number of hydrogen-bond acceptors (Lipinski definition) is 4. The molecule has 8 heteroatoms. The summed E-state index contributed by atoms with van der Waals surface area (Å²) in [5, 5.41) is 6.33. The third kappa shape index (κ3) is 4.84. The fraction of sp³-hybridized carbons (Fsp3) is 0.562. The first kappa shape index (κ1) is 19.0. The number of carbonyl (C=O) groups is 1. The monoisotopic (exact) mass is 373 g/mol. The number of hydrogen-bond donors (Lipinski definition) is 3. The second-order valence-corrected chi connectivity index (χ2v) is 8.30. The van der Waals surface area contributed by atoms with Crippen molar-refractivity contribution in [2.75, 3.05) is 16.3 Å². The van der Waals surface area contributed by atoms with Gasteiger partial charge in [0, 0.05) is 11.7 Å². The number of fused-ring (bicyclic) bond motifs is 1. The highest BCUT2D eigenvalue weighted by atomic mass is 35.5. The summed E-state index contributed by atoms with van der Waals surface area (Å²) in [6.45, 7) is 0. The van der Waals surface area contributed by atoms with Gasteiger partial charge in [-0.3, -0.25) is 9.52 Å². The molecule has 0 radical (unpaired) electrons. The Morgan fingerprint density at radius 2 is 1.92 bits per heavy atom. The molecular formula is C16H24ClN3O3S. The molecule has 3 rings (SSSR count). The average Bonchev–Trinajstić information content (AvgIpc) is 2.90. The van der Waals surface area contributed by atoms with E-state index >= 15 is 0 Å². The van der Waals surface area contributed by atoms with E-state index in [4.69, 9.17) is 0 Å². The van der Waals surface area contributed by atoms with E-state index in [2.05, 4.69) is 15.4 Å². The summed E-state index contributed by atoms with van der Waals surface area (Å²) in [6, 6.07) is 7.06. The molecule has 24 heavy (non-hydrogen) atoms. The van der Waals surface area contributed by atoms with Crippen molar-refractivity contribution in [1.29, 1.82) is 0 Å². The predicted molar refractivity (Wildman–Crippen MR) is 98.1 cm³/mol. The predicted octanol–water partition coefficient (Wildman–Crippen LogP) is 2.34. The van der Waals surface area contributed by atoms with E-state index in [1.807, 2.05) is 0 Å². The quantitative estimate of drug-likeness (QED) is 0.756. The molecule has 0 bridgehead atoms. The number of carbonyl (C=O) groups excluding carboxylic acids is 1. The average molecular weight is 374 g/mol. The molecule has 1 saturated heterocycles. The lowest BCUT2D eigenvalue weighted by Crippen LogP contribution is -2.39. The molecule has 0 spiro atoms. The third-order valence-corrected chi connectivity index (χ3v) is 5.22. The molecular weight excluding hydrogens is 350 g/mol. The van der Waals surface area contributed by atoms with Crippen LogP contribution in [0.3, 0.4) is 0 Å². The Hall–Kier alpha value is -1.31. The van der Waals surface area contributed by atoms with Gasteiger partial charge in [-0.15, -0.1) is 12.4 Å². The van der Waals surface area contributed by atoms with Crippen LogP contribution in [0.2, 0.25) is 0 Å². The molecule has 3 atom stereocenters. The Balaban J connectivity index is 0.00000208. The summed E-state index contributed by atoms with van der Waals surface area (Å²) < 4.78 is 25.0. The molecule has 1 heterocycles. The summed E-state index contributed by atoms with van der Waals surface area (Å²) in [6.07, 6.45) is 6.84. The minimum Gasteiger partial charge on any atom is -0.325 e. The van der Waals surface area contributed by atoms with Crippen molar-refractivity contribution in [1.82, 2.24) is 5.32 Å². The van der Waals surface area contributed by atoms with Gasteiger partial charge >= 0.3 is 0 Å². The Labute approximate surface area is 149 Å². The van der Waals surface area contributed by atoms with E-state index in [1.165, 1.54) is 19.3 Å². The molecule has 134 valence electrons. The Bertz CT molecular complexity index is 682. The van der Waals surface area contributed by atoms with Crippen LogP contribution in [-0.4, -0.2) is 32.7 Å². The number of sulfonamides is 1. The van der Waals surface area contributed by atoms with Gasteiger partial charge in [-0.2, -0.15) is 0 Å². The highest BCUT2D eigenvalue weighted by molar-refractivity contribution is 7.92. The van der Waals surface area contributed by atoms with Crippen molar-refractivity contribution < 1.29 is 13.2 Å². The highest BCUT2D eigenvalue weighted by Crippen LogP contribution is 2.33. The third-order valence-electron chi connectivity index (χ3n) is 4.61. The molecule has 1 aliphatic carbocycles. The zero-order valence-electron chi connectivity index (χ0n) is 13.6. The zero-order valence-corrected chi connectivity index (χ0v) is 15.3. The standard InChI is InChI=1S/C16H23N3O3S.ClH/c1-23(21,22)19-13-7-4-6-12(10-13)17-16(20)15-9-11-5-2-3-8-14(11)18-15;/h4,6-7,10-11,14-15,18-19H,2-3,5,8-9H2,1H3,(H,17,20);1H. The number of anilines is 2. The van der Waals surface area contributed by atoms with Gasteiger partial charge in [-0.25, -0.2) is 8.42 Å². The van der Waals surface area contributed by atoms with Gasteiger partial charge in [0.25, 0.3) is 0 Å². The van der Waals surface area contributed by atoms with E-state index < -0.39 is 10.0 Å². The van der Waals surface area contributed by atoms with Crippen LogP contribution in [0.5, 0.6) is 0 Å². The summed E-state index contributed by atoms with van der Waals surface area (Å²) >= 11 is 0. The topological polar surface area (TPSA) is 87.3 Å². The van der Waals surface area contributed by atoms with Gasteiger partial charge in [-0.1, -0.05) is 18.9 Å².